The van der Waals surface area contributed by atoms with Gasteiger partial charge in [0, 0.05) is 0 Å². The summed E-state index contributed by atoms with van der Waals surface area (Å²) in [5.74, 6) is 0.284. The highest BCUT2D eigenvalue weighted by atomic mass is 31.1. The Labute approximate surface area is 147 Å². The number of hydrogen-bond acceptors (Lipinski definition) is 4. The molecule has 136 valence electrons. The standard InChI is InChI=1S/C19H31O4P/c1-9-19(10-2,23-24(21)22)13-11-14(17(3,4)5)16(20)15(12-13)18(6,7)8/h11-12,20H,9-10H2,1-8H3. The van der Waals surface area contributed by atoms with Crippen LogP contribution in [0.3, 0.4) is 0 Å². The zero-order valence-electron chi connectivity index (χ0n) is 16.2. The van der Waals surface area contributed by atoms with E-state index in [0.29, 0.717) is 12.8 Å². The van der Waals surface area contributed by atoms with Crippen molar-refractivity contribution in [3.8, 4) is 5.75 Å². The molecular formula is C19H31O4P. The summed E-state index contributed by atoms with van der Waals surface area (Å²) in [6, 6.07) is 3.80. The smallest absolute Gasteiger partial charge is 0.489 e. The molecule has 0 aliphatic heterocycles. The van der Waals surface area contributed by atoms with Crippen molar-refractivity contribution in [1.82, 2.24) is 0 Å². The van der Waals surface area contributed by atoms with Crippen LogP contribution in [0.15, 0.2) is 12.1 Å². The van der Waals surface area contributed by atoms with E-state index in [9.17, 15) is 14.6 Å². The van der Waals surface area contributed by atoms with E-state index in [0.717, 1.165) is 16.7 Å². The lowest BCUT2D eigenvalue weighted by molar-refractivity contribution is -0.197. The van der Waals surface area contributed by atoms with Crippen molar-refractivity contribution < 1.29 is 19.1 Å². The minimum absolute atomic E-state index is 0.271. The monoisotopic (exact) mass is 354 g/mol. The number of rotatable bonds is 5. The molecule has 1 aromatic rings. The molecule has 0 aliphatic carbocycles. The highest BCUT2D eigenvalue weighted by Gasteiger charge is 2.39. The van der Waals surface area contributed by atoms with Gasteiger partial charge in [-0.15, -0.1) is 4.52 Å². The van der Waals surface area contributed by atoms with Crippen molar-refractivity contribution in [3.63, 3.8) is 0 Å². The summed E-state index contributed by atoms with van der Waals surface area (Å²) >= 11 is 0. The Bertz CT molecular complexity index is 570. The van der Waals surface area contributed by atoms with Gasteiger partial charge in [-0.3, -0.25) is 0 Å². The minimum Gasteiger partial charge on any atom is -0.566 e. The summed E-state index contributed by atoms with van der Waals surface area (Å²) in [5, 5.41) is 10.8. The van der Waals surface area contributed by atoms with Crippen LogP contribution in [0.5, 0.6) is 5.75 Å². The quantitative estimate of drug-likeness (QED) is 0.752. The second-order valence-corrected chi connectivity index (χ2v) is 9.07. The van der Waals surface area contributed by atoms with Gasteiger partial charge < -0.3 is 10.00 Å². The largest absolute Gasteiger partial charge is 0.566 e. The maximum atomic E-state index is 11.3. The molecule has 0 radical (unpaired) electrons. The highest BCUT2D eigenvalue weighted by Crippen LogP contribution is 2.46. The molecule has 0 aliphatic rings. The summed E-state index contributed by atoms with van der Waals surface area (Å²) in [4.78, 5) is 11.3. The Hall–Kier alpha value is -0.960. The zero-order valence-corrected chi connectivity index (χ0v) is 17.1. The molecule has 1 aromatic carbocycles. The van der Waals surface area contributed by atoms with E-state index >= 15 is 0 Å². The Kier molecular flexibility index (Phi) is 6.25. The van der Waals surface area contributed by atoms with Crippen molar-refractivity contribution in [2.75, 3.05) is 0 Å². The molecule has 4 nitrogen and oxygen atoms in total. The third-order valence-corrected chi connectivity index (χ3v) is 5.14. The number of phenols is 1. The molecule has 0 aromatic heterocycles. The van der Waals surface area contributed by atoms with Crippen LogP contribution in [0, 0.1) is 0 Å². The second kappa shape index (κ2) is 7.11. The van der Waals surface area contributed by atoms with Crippen LogP contribution < -0.4 is 4.89 Å². The molecule has 1 atom stereocenters. The molecule has 0 saturated carbocycles. The van der Waals surface area contributed by atoms with Crippen LogP contribution in [0.2, 0.25) is 0 Å². The van der Waals surface area contributed by atoms with Gasteiger partial charge in [-0.2, -0.15) is 0 Å². The van der Waals surface area contributed by atoms with Crippen molar-refractivity contribution in [2.24, 2.45) is 0 Å². The van der Waals surface area contributed by atoms with E-state index in [4.69, 9.17) is 4.52 Å². The Morgan fingerprint density at radius 2 is 1.38 bits per heavy atom. The predicted molar refractivity (Wildman–Crippen MR) is 96.5 cm³/mol. The van der Waals surface area contributed by atoms with Gasteiger partial charge in [0.05, 0.1) is 0 Å². The fourth-order valence-corrected chi connectivity index (χ4v) is 3.67. The van der Waals surface area contributed by atoms with Crippen LogP contribution in [0.25, 0.3) is 0 Å². The van der Waals surface area contributed by atoms with Gasteiger partial charge in [0.1, 0.15) is 11.4 Å². The van der Waals surface area contributed by atoms with Crippen LogP contribution in [0.4, 0.5) is 0 Å². The van der Waals surface area contributed by atoms with Gasteiger partial charge in [-0.05, 0) is 57.1 Å². The lowest BCUT2D eigenvalue weighted by Gasteiger charge is -2.33. The third-order valence-electron chi connectivity index (χ3n) is 4.64. The van der Waals surface area contributed by atoms with E-state index in [1.54, 1.807) is 0 Å². The highest BCUT2D eigenvalue weighted by molar-refractivity contribution is 7.30. The molecule has 0 amide bonds. The Balaban J connectivity index is 3.78. The number of phenolic OH excluding ortho intramolecular Hbond substituents is 1. The first kappa shape index (κ1) is 21.1. The summed E-state index contributed by atoms with van der Waals surface area (Å²) in [6.45, 7) is 16.0. The van der Waals surface area contributed by atoms with Crippen molar-refractivity contribution in [3.05, 3.63) is 28.8 Å². The van der Waals surface area contributed by atoms with Gasteiger partial charge in [0.2, 0.25) is 0 Å². The normalized spacial score (nSPS) is 14.0. The third kappa shape index (κ3) is 4.36. The van der Waals surface area contributed by atoms with Crippen molar-refractivity contribution in [1.29, 1.82) is 0 Å². The van der Waals surface area contributed by atoms with E-state index < -0.39 is 13.9 Å². The zero-order chi connectivity index (χ0) is 18.9. The average Bonchev–Trinajstić information content (AvgIpc) is 2.42. The topological polar surface area (TPSA) is 69.6 Å². The second-order valence-electron chi connectivity index (χ2n) is 8.44. The molecule has 0 saturated heterocycles. The van der Waals surface area contributed by atoms with E-state index in [-0.39, 0.29) is 16.6 Å². The average molecular weight is 354 g/mol. The minimum atomic E-state index is -2.97. The summed E-state index contributed by atoms with van der Waals surface area (Å²) in [7, 11) is -2.97. The number of benzene rings is 1. The molecule has 0 spiro atoms. The Morgan fingerprint density at radius 1 is 1.00 bits per heavy atom. The molecule has 0 bridgehead atoms. The fraction of sp³-hybridized carbons (Fsp3) is 0.684. The van der Waals surface area contributed by atoms with E-state index in [1.165, 1.54) is 0 Å². The van der Waals surface area contributed by atoms with Gasteiger partial charge in [-0.25, -0.2) is 0 Å². The lowest BCUT2D eigenvalue weighted by Crippen LogP contribution is -2.29. The maximum absolute atomic E-state index is 11.3. The molecule has 5 heteroatoms. The van der Waals surface area contributed by atoms with E-state index in [1.807, 2.05) is 67.5 Å². The molecule has 0 heterocycles. The molecule has 1 N–H and O–H groups in total. The maximum Gasteiger partial charge on any atom is 0.489 e. The van der Waals surface area contributed by atoms with Gasteiger partial charge >= 0.3 is 8.25 Å². The first-order chi connectivity index (χ1) is 10.8. The summed E-state index contributed by atoms with van der Waals surface area (Å²) < 4.78 is 16.7. The summed E-state index contributed by atoms with van der Waals surface area (Å²) in [6.07, 6.45) is 1.06. The van der Waals surface area contributed by atoms with Gasteiger partial charge in [0.25, 0.3) is 0 Å². The van der Waals surface area contributed by atoms with Crippen LogP contribution in [-0.2, 0) is 25.5 Å². The number of aromatic hydroxyl groups is 1. The molecular weight excluding hydrogens is 323 g/mol. The van der Waals surface area contributed by atoms with E-state index in [2.05, 4.69) is 0 Å². The van der Waals surface area contributed by atoms with Crippen molar-refractivity contribution >= 4 is 8.25 Å². The first-order valence-corrected chi connectivity index (χ1v) is 9.60. The fourth-order valence-electron chi connectivity index (χ4n) is 3.02. The lowest BCUT2D eigenvalue weighted by atomic mass is 9.75. The van der Waals surface area contributed by atoms with Crippen LogP contribution in [0.1, 0.15) is 84.9 Å². The van der Waals surface area contributed by atoms with Gasteiger partial charge in [-0.1, -0.05) is 55.4 Å². The number of hydrogen-bond donors (Lipinski definition) is 1. The van der Waals surface area contributed by atoms with Crippen molar-refractivity contribution in [2.45, 2.75) is 84.7 Å². The SMILES string of the molecule is CCC(CC)(O[P+](=O)[O-])c1cc(C(C)(C)C)c(O)c(C(C)(C)C)c1. The molecule has 24 heavy (non-hydrogen) atoms. The first-order valence-electron chi connectivity index (χ1n) is 8.50. The molecule has 1 unspecified atom stereocenters. The summed E-state index contributed by atoms with van der Waals surface area (Å²) in [5.41, 5.74) is 0.976. The molecule has 1 rings (SSSR count). The molecule has 0 fully saturated rings. The predicted octanol–water partition coefficient (Wildman–Crippen LogP) is 5.04. The van der Waals surface area contributed by atoms with Crippen LogP contribution >= 0.6 is 8.25 Å². The van der Waals surface area contributed by atoms with Crippen LogP contribution in [-0.4, -0.2) is 5.11 Å². The van der Waals surface area contributed by atoms with Gasteiger partial charge in [0.15, 0.2) is 0 Å². The Morgan fingerprint density at radius 3 is 1.62 bits per heavy atom.